The second-order valence-electron chi connectivity index (χ2n) is 6.01. The SMILES string of the molecule is C[C@H](C(=O)N1CCC[C@H]1c1noc(C2CC2)n1)n1cncn1. The lowest BCUT2D eigenvalue weighted by Crippen LogP contribution is -2.36. The highest BCUT2D eigenvalue weighted by Gasteiger charge is 2.37. The van der Waals surface area contributed by atoms with Crippen molar-refractivity contribution in [1.82, 2.24) is 29.8 Å². The van der Waals surface area contributed by atoms with Gasteiger partial charge in [0, 0.05) is 12.5 Å². The van der Waals surface area contributed by atoms with Crippen molar-refractivity contribution in [2.24, 2.45) is 0 Å². The van der Waals surface area contributed by atoms with E-state index in [0.717, 1.165) is 38.1 Å². The Morgan fingerprint density at radius 2 is 2.27 bits per heavy atom. The van der Waals surface area contributed by atoms with Crippen LogP contribution in [-0.2, 0) is 4.79 Å². The van der Waals surface area contributed by atoms with Crippen LogP contribution >= 0.6 is 0 Å². The summed E-state index contributed by atoms with van der Waals surface area (Å²) in [6.45, 7) is 2.55. The molecule has 1 saturated carbocycles. The molecule has 0 radical (unpaired) electrons. The predicted molar refractivity (Wildman–Crippen MR) is 74.7 cm³/mol. The van der Waals surface area contributed by atoms with Gasteiger partial charge in [-0.15, -0.1) is 0 Å². The first kappa shape index (κ1) is 13.4. The summed E-state index contributed by atoms with van der Waals surface area (Å²) in [6.07, 6.45) is 7.07. The first-order valence-corrected chi connectivity index (χ1v) is 7.72. The number of rotatable bonds is 4. The Kier molecular flexibility index (Phi) is 3.16. The average molecular weight is 302 g/mol. The van der Waals surface area contributed by atoms with E-state index in [9.17, 15) is 4.79 Å². The third kappa shape index (κ3) is 2.28. The number of nitrogens with zero attached hydrogens (tertiary/aromatic N) is 6. The van der Waals surface area contributed by atoms with Gasteiger partial charge >= 0.3 is 0 Å². The van der Waals surface area contributed by atoms with E-state index in [1.54, 1.807) is 11.0 Å². The normalized spacial score (nSPS) is 23.0. The molecule has 0 spiro atoms. The van der Waals surface area contributed by atoms with Crippen molar-refractivity contribution in [2.75, 3.05) is 6.54 Å². The van der Waals surface area contributed by atoms with Crippen molar-refractivity contribution in [3.05, 3.63) is 24.4 Å². The number of carbonyl (C=O) groups is 1. The van der Waals surface area contributed by atoms with Crippen LogP contribution in [0.5, 0.6) is 0 Å². The van der Waals surface area contributed by atoms with Gasteiger partial charge in [0.25, 0.3) is 0 Å². The Bertz CT molecular complexity index is 663. The first-order chi connectivity index (χ1) is 10.7. The van der Waals surface area contributed by atoms with Gasteiger partial charge < -0.3 is 9.42 Å². The van der Waals surface area contributed by atoms with Crippen LogP contribution in [0.15, 0.2) is 17.2 Å². The van der Waals surface area contributed by atoms with Crippen molar-refractivity contribution in [3.63, 3.8) is 0 Å². The fourth-order valence-electron chi connectivity index (χ4n) is 2.95. The molecule has 22 heavy (non-hydrogen) atoms. The molecule has 1 saturated heterocycles. The summed E-state index contributed by atoms with van der Waals surface area (Å²) < 4.78 is 6.91. The molecule has 0 aromatic carbocycles. The third-order valence-electron chi connectivity index (χ3n) is 4.41. The molecule has 116 valence electrons. The number of carbonyl (C=O) groups excluding carboxylic acids is 1. The highest BCUT2D eigenvalue weighted by atomic mass is 16.5. The van der Waals surface area contributed by atoms with Crippen molar-refractivity contribution in [2.45, 2.75) is 50.6 Å². The van der Waals surface area contributed by atoms with Gasteiger partial charge in [0.1, 0.15) is 18.7 Å². The van der Waals surface area contributed by atoms with E-state index in [2.05, 4.69) is 20.2 Å². The summed E-state index contributed by atoms with van der Waals surface area (Å²) >= 11 is 0. The van der Waals surface area contributed by atoms with Crippen LogP contribution in [0.4, 0.5) is 0 Å². The van der Waals surface area contributed by atoms with Crippen LogP contribution in [0.3, 0.4) is 0 Å². The molecule has 2 aliphatic rings. The summed E-state index contributed by atoms with van der Waals surface area (Å²) in [5, 5.41) is 8.15. The highest BCUT2D eigenvalue weighted by molar-refractivity contribution is 5.80. The molecule has 2 atom stereocenters. The smallest absolute Gasteiger partial charge is 0.247 e. The summed E-state index contributed by atoms with van der Waals surface area (Å²) in [7, 11) is 0. The first-order valence-electron chi connectivity index (χ1n) is 7.72. The molecule has 0 unspecified atom stereocenters. The van der Waals surface area contributed by atoms with Gasteiger partial charge in [-0.25, -0.2) is 9.67 Å². The lowest BCUT2D eigenvalue weighted by atomic mass is 10.2. The number of aromatic nitrogens is 5. The van der Waals surface area contributed by atoms with E-state index in [4.69, 9.17) is 4.52 Å². The summed E-state index contributed by atoms with van der Waals surface area (Å²) in [5.41, 5.74) is 0. The predicted octanol–water partition coefficient (Wildman–Crippen LogP) is 1.46. The van der Waals surface area contributed by atoms with Gasteiger partial charge in [0.05, 0.1) is 6.04 Å². The molecular weight excluding hydrogens is 284 g/mol. The van der Waals surface area contributed by atoms with E-state index >= 15 is 0 Å². The molecule has 4 rings (SSSR count). The van der Waals surface area contributed by atoms with E-state index in [0.29, 0.717) is 11.7 Å². The van der Waals surface area contributed by atoms with Gasteiger partial charge in [0.15, 0.2) is 5.82 Å². The molecule has 8 nitrogen and oxygen atoms in total. The van der Waals surface area contributed by atoms with E-state index in [1.165, 1.54) is 6.33 Å². The molecule has 2 aromatic heterocycles. The van der Waals surface area contributed by atoms with E-state index in [-0.39, 0.29) is 18.0 Å². The van der Waals surface area contributed by atoms with Crippen LogP contribution in [-0.4, -0.2) is 42.3 Å². The number of hydrogen-bond acceptors (Lipinski definition) is 6. The van der Waals surface area contributed by atoms with Crippen molar-refractivity contribution in [3.8, 4) is 0 Å². The van der Waals surface area contributed by atoms with E-state index in [1.807, 2.05) is 11.8 Å². The second kappa shape index (κ2) is 5.19. The maximum Gasteiger partial charge on any atom is 0.247 e. The molecule has 2 fully saturated rings. The fraction of sp³-hybridized carbons (Fsp3) is 0.643. The maximum absolute atomic E-state index is 12.7. The Morgan fingerprint density at radius 3 is 3.00 bits per heavy atom. The van der Waals surface area contributed by atoms with E-state index < -0.39 is 0 Å². The van der Waals surface area contributed by atoms with Crippen molar-refractivity contribution >= 4 is 5.91 Å². The minimum atomic E-state index is -0.377. The number of amides is 1. The maximum atomic E-state index is 12.7. The zero-order valence-corrected chi connectivity index (χ0v) is 12.4. The topological polar surface area (TPSA) is 89.9 Å². The lowest BCUT2D eigenvalue weighted by Gasteiger charge is -2.25. The quantitative estimate of drug-likeness (QED) is 0.849. The minimum absolute atomic E-state index is 0.0192. The van der Waals surface area contributed by atoms with Gasteiger partial charge in [-0.3, -0.25) is 4.79 Å². The molecule has 1 amide bonds. The zero-order valence-electron chi connectivity index (χ0n) is 12.4. The van der Waals surface area contributed by atoms with Crippen LogP contribution in [0, 0.1) is 0 Å². The summed E-state index contributed by atoms with van der Waals surface area (Å²) in [6, 6.07) is -0.465. The van der Waals surface area contributed by atoms with Gasteiger partial charge in [0.2, 0.25) is 11.8 Å². The Hall–Kier alpha value is -2.25. The van der Waals surface area contributed by atoms with Crippen LogP contribution in [0.2, 0.25) is 0 Å². The second-order valence-corrected chi connectivity index (χ2v) is 6.01. The van der Waals surface area contributed by atoms with Crippen molar-refractivity contribution in [1.29, 1.82) is 0 Å². The minimum Gasteiger partial charge on any atom is -0.339 e. The van der Waals surface area contributed by atoms with Crippen molar-refractivity contribution < 1.29 is 9.32 Å². The molecule has 1 aliphatic carbocycles. The molecule has 0 bridgehead atoms. The van der Waals surface area contributed by atoms with Crippen LogP contribution < -0.4 is 0 Å². The fourth-order valence-corrected chi connectivity index (χ4v) is 2.95. The number of likely N-dealkylation sites (tertiary alicyclic amines) is 1. The largest absolute Gasteiger partial charge is 0.339 e. The molecule has 0 N–H and O–H groups in total. The Labute approximate surface area is 127 Å². The molecule has 3 heterocycles. The molecule has 1 aliphatic heterocycles. The lowest BCUT2D eigenvalue weighted by molar-refractivity contribution is -0.135. The third-order valence-corrected chi connectivity index (χ3v) is 4.41. The Balaban J connectivity index is 1.53. The zero-order chi connectivity index (χ0) is 15.1. The standard InChI is InChI=1S/C14H18N6O2/c1-9(20-8-15-7-16-20)14(21)19-6-2-3-11(19)12-17-13(22-18-12)10-4-5-10/h7-11H,2-6H2,1H3/t9-,11+/m1/s1. The molecule has 2 aromatic rings. The van der Waals surface area contributed by atoms with Crippen LogP contribution in [0.1, 0.15) is 62.3 Å². The van der Waals surface area contributed by atoms with Gasteiger partial charge in [-0.1, -0.05) is 5.16 Å². The highest BCUT2D eigenvalue weighted by Crippen LogP contribution is 2.40. The van der Waals surface area contributed by atoms with Gasteiger partial charge in [-0.05, 0) is 32.6 Å². The van der Waals surface area contributed by atoms with Crippen LogP contribution in [0.25, 0.3) is 0 Å². The monoisotopic (exact) mass is 302 g/mol. The summed E-state index contributed by atoms with van der Waals surface area (Å²) in [5.74, 6) is 1.81. The molecular formula is C14H18N6O2. The van der Waals surface area contributed by atoms with Gasteiger partial charge in [-0.2, -0.15) is 10.1 Å². The molecule has 8 heteroatoms. The average Bonchev–Trinajstić information content (AvgIpc) is 3.02. The number of hydrogen-bond donors (Lipinski definition) is 0. The Morgan fingerprint density at radius 1 is 1.41 bits per heavy atom. The summed E-state index contributed by atoms with van der Waals surface area (Å²) in [4.78, 5) is 23.0.